The molecule has 0 unspecified atom stereocenters. The third kappa shape index (κ3) is 5.82. The summed E-state index contributed by atoms with van der Waals surface area (Å²) in [6, 6.07) is 15.8. The Morgan fingerprint density at radius 1 is 0.889 bits per heavy atom. The van der Waals surface area contributed by atoms with Gasteiger partial charge in [-0.05, 0) is 24.3 Å². The number of carbonyl (C=O) groups is 2. The van der Waals surface area contributed by atoms with E-state index in [1.165, 1.54) is 11.3 Å². The number of amides is 3. The quantitative estimate of drug-likeness (QED) is 0.493. The standard InChI is InChI=1S/C19H19N5O2S/c25-17(10-11-20-19-21-12-13-27-19)23-15-8-4-5-9-16(15)24-18(26)22-14-6-2-1-3-7-14/h1-9,12-13H,10-11H2,(H,20,21)(H,23,25)(H2,22,24,26). The molecule has 0 saturated heterocycles. The average molecular weight is 381 g/mol. The second-order valence-electron chi connectivity index (χ2n) is 5.55. The maximum atomic E-state index is 12.2. The Hall–Kier alpha value is -3.39. The summed E-state index contributed by atoms with van der Waals surface area (Å²) in [6.07, 6.45) is 1.99. The third-order valence-corrected chi connectivity index (χ3v) is 4.27. The van der Waals surface area contributed by atoms with Crippen molar-refractivity contribution < 1.29 is 9.59 Å². The number of hydrogen-bond acceptors (Lipinski definition) is 5. The molecule has 3 aromatic rings. The van der Waals surface area contributed by atoms with E-state index in [1.807, 2.05) is 23.6 Å². The smallest absolute Gasteiger partial charge is 0.323 e. The van der Waals surface area contributed by atoms with E-state index in [9.17, 15) is 9.59 Å². The van der Waals surface area contributed by atoms with Gasteiger partial charge in [0.25, 0.3) is 0 Å². The summed E-state index contributed by atoms with van der Waals surface area (Å²) in [4.78, 5) is 28.4. The largest absolute Gasteiger partial charge is 0.361 e. The van der Waals surface area contributed by atoms with Crippen LogP contribution in [0.5, 0.6) is 0 Å². The summed E-state index contributed by atoms with van der Waals surface area (Å²) in [6.45, 7) is 0.476. The molecule has 0 aliphatic carbocycles. The van der Waals surface area contributed by atoms with Crippen LogP contribution in [0.25, 0.3) is 0 Å². The molecule has 2 aromatic carbocycles. The van der Waals surface area contributed by atoms with Crippen molar-refractivity contribution in [3.63, 3.8) is 0 Å². The number of rotatable bonds is 7. The van der Waals surface area contributed by atoms with Crippen molar-refractivity contribution in [2.75, 3.05) is 27.8 Å². The van der Waals surface area contributed by atoms with Gasteiger partial charge in [0.2, 0.25) is 5.91 Å². The maximum Gasteiger partial charge on any atom is 0.323 e. The molecule has 0 radical (unpaired) electrons. The number of benzene rings is 2. The van der Waals surface area contributed by atoms with E-state index < -0.39 is 0 Å². The van der Waals surface area contributed by atoms with Crippen molar-refractivity contribution in [3.05, 3.63) is 66.2 Å². The van der Waals surface area contributed by atoms with Gasteiger partial charge in [-0.2, -0.15) is 0 Å². The van der Waals surface area contributed by atoms with Crippen molar-refractivity contribution in [1.29, 1.82) is 0 Å². The molecular formula is C19H19N5O2S. The molecule has 0 fully saturated rings. The van der Waals surface area contributed by atoms with Crippen molar-refractivity contribution in [1.82, 2.24) is 4.98 Å². The average Bonchev–Trinajstić information content (AvgIpc) is 3.17. The monoisotopic (exact) mass is 381 g/mol. The Bertz CT molecular complexity index is 884. The first-order chi connectivity index (χ1) is 13.2. The Labute approximate surface area is 160 Å². The summed E-state index contributed by atoms with van der Waals surface area (Å²) in [5.74, 6) is -0.156. The second kappa shape index (κ2) is 9.35. The van der Waals surface area contributed by atoms with E-state index in [-0.39, 0.29) is 18.4 Å². The highest BCUT2D eigenvalue weighted by molar-refractivity contribution is 7.13. The topological polar surface area (TPSA) is 95.2 Å². The lowest BCUT2D eigenvalue weighted by atomic mass is 10.2. The molecule has 3 amide bonds. The predicted octanol–water partition coefficient (Wildman–Crippen LogP) is 4.23. The number of nitrogens with one attached hydrogen (secondary N) is 4. The number of thiazole rings is 1. The fourth-order valence-electron chi connectivity index (χ4n) is 2.31. The highest BCUT2D eigenvalue weighted by atomic mass is 32.1. The van der Waals surface area contributed by atoms with E-state index in [2.05, 4.69) is 26.3 Å². The van der Waals surface area contributed by atoms with E-state index in [0.717, 1.165) is 5.13 Å². The van der Waals surface area contributed by atoms with Crippen LogP contribution >= 0.6 is 11.3 Å². The van der Waals surface area contributed by atoms with Crippen LogP contribution in [-0.2, 0) is 4.79 Å². The zero-order chi connectivity index (χ0) is 18.9. The van der Waals surface area contributed by atoms with E-state index in [0.29, 0.717) is 23.6 Å². The van der Waals surface area contributed by atoms with Gasteiger partial charge in [0.1, 0.15) is 0 Å². The normalized spacial score (nSPS) is 10.1. The molecule has 7 nitrogen and oxygen atoms in total. The first-order valence-electron chi connectivity index (χ1n) is 8.36. The lowest BCUT2D eigenvalue weighted by molar-refractivity contribution is -0.115. The van der Waals surface area contributed by atoms with Crippen LogP contribution in [0.15, 0.2) is 66.2 Å². The van der Waals surface area contributed by atoms with E-state index in [1.54, 1.807) is 42.6 Å². The van der Waals surface area contributed by atoms with Gasteiger partial charge >= 0.3 is 6.03 Å². The van der Waals surface area contributed by atoms with Crippen molar-refractivity contribution in [2.24, 2.45) is 0 Å². The Morgan fingerprint density at radius 2 is 1.59 bits per heavy atom. The van der Waals surface area contributed by atoms with Crippen LogP contribution in [0.3, 0.4) is 0 Å². The van der Waals surface area contributed by atoms with Gasteiger partial charge in [0.05, 0.1) is 11.4 Å². The Balaban J connectivity index is 1.53. The van der Waals surface area contributed by atoms with Gasteiger partial charge in [-0.25, -0.2) is 9.78 Å². The molecule has 0 aliphatic rings. The van der Waals surface area contributed by atoms with Crippen LogP contribution in [0.2, 0.25) is 0 Å². The van der Waals surface area contributed by atoms with Crippen molar-refractivity contribution >= 4 is 45.5 Å². The minimum absolute atomic E-state index is 0.156. The first-order valence-corrected chi connectivity index (χ1v) is 9.24. The Morgan fingerprint density at radius 3 is 2.30 bits per heavy atom. The number of hydrogen-bond donors (Lipinski definition) is 4. The molecular weight excluding hydrogens is 362 g/mol. The summed E-state index contributed by atoms with van der Waals surface area (Å²) in [5.41, 5.74) is 1.75. The number of carbonyl (C=O) groups excluding carboxylic acids is 2. The number of aromatic nitrogens is 1. The van der Waals surface area contributed by atoms with E-state index in [4.69, 9.17) is 0 Å². The van der Waals surface area contributed by atoms with Gasteiger partial charge in [-0.15, -0.1) is 11.3 Å². The van der Waals surface area contributed by atoms with E-state index >= 15 is 0 Å². The minimum atomic E-state index is -0.381. The molecule has 138 valence electrons. The molecule has 3 rings (SSSR count). The van der Waals surface area contributed by atoms with Gasteiger partial charge in [0, 0.05) is 30.2 Å². The number of para-hydroxylation sites is 3. The molecule has 0 atom stereocenters. The predicted molar refractivity (Wildman–Crippen MR) is 109 cm³/mol. The summed E-state index contributed by atoms with van der Waals surface area (Å²) in [5, 5.41) is 14.0. The molecule has 8 heteroatoms. The maximum absolute atomic E-state index is 12.2. The van der Waals surface area contributed by atoms with Gasteiger partial charge < -0.3 is 21.3 Å². The van der Waals surface area contributed by atoms with Gasteiger partial charge in [-0.3, -0.25) is 4.79 Å². The van der Waals surface area contributed by atoms with Crippen molar-refractivity contribution in [2.45, 2.75) is 6.42 Å². The molecule has 1 aromatic heterocycles. The van der Waals surface area contributed by atoms with Crippen LogP contribution < -0.4 is 21.3 Å². The third-order valence-electron chi connectivity index (χ3n) is 3.54. The molecule has 1 heterocycles. The molecule has 4 N–H and O–H groups in total. The summed E-state index contributed by atoms with van der Waals surface area (Å²) < 4.78 is 0. The second-order valence-corrected chi connectivity index (χ2v) is 6.45. The Kier molecular flexibility index (Phi) is 6.37. The van der Waals surface area contributed by atoms with Crippen LogP contribution in [-0.4, -0.2) is 23.5 Å². The fraction of sp³-hybridized carbons (Fsp3) is 0.105. The zero-order valence-electron chi connectivity index (χ0n) is 14.4. The number of urea groups is 1. The SMILES string of the molecule is O=C(CCNc1nccs1)Nc1ccccc1NC(=O)Nc1ccccc1. The van der Waals surface area contributed by atoms with Crippen LogP contribution in [0.4, 0.5) is 27.0 Å². The van der Waals surface area contributed by atoms with Crippen molar-refractivity contribution in [3.8, 4) is 0 Å². The molecule has 0 spiro atoms. The molecule has 0 aliphatic heterocycles. The molecule has 27 heavy (non-hydrogen) atoms. The highest BCUT2D eigenvalue weighted by Gasteiger charge is 2.09. The number of anilines is 4. The zero-order valence-corrected chi connectivity index (χ0v) is 15.3. The number of nitrogens with zero attached hydrogens (tertiary/aromatic N) is 1. The van der Waals surface area contributed by atoms with Gasteiger partial charge in [-0.1, -0.05) is 30.3 Å². The first kappa shape index (κ1) is 18.4. The van der Waals surface area contributed by atoms with Gasteiger partial charge in [0.15, 0.2) is 5.13 Å². The fourth-order valence-corrected chi connectivity index (χ4v) is 2.87. The molecule has 0 saturated carbocycles. The lowest BCUT2D eigenvalue weighted by Crippen LogP contribution is -2.21. The minimum Gasteiger partial charge on any atom is -0.361 e. The summed E-state index contributed by atoms with van der Waals surface area (Å²) >= 11 is 1.48. The van der Waals surface area contributed by atoms with Crippen LogP contribution in [0.1, 0.15) is 6.42 Å². The summed E-state index contributed by atoms with van der Waals surface area (Å²) in [7, 11) is 0. The highest BCUT2D eigenvalue weighted by Crippen LogP contribution is 2.21. The van der Waals surface area contributed by atoms with Crippen LogP contribution in [0, 0.1) is 0 Å². The molecule has 0 bridgehead atoms. The lowest BCUT2D eigenvalue weighted by Gasteiger charge is -2.13.